The summed E-state index contributed by atoms with van der Waals surface area (Å²) in [6.07, 6.45) is -0.978. The Morgan fingerprint density at radius 2 is 1.67 bits per heavy atom. The summed E-state index contributed by atoms with van der Waals surface area (Å²) in [6, 6.07) is 10.1. The van der Waals surface area contributed by atoms with Crippen molar-refractivity contribution in [2.24, 2.45) is 0 Å². The highest BCUT2D eigenvalue weighted by atomic mass is 35.5. The van der Waals surface area contributed by atoms with Crippen LogP contribution in [0.1, 0.15) is 28.4 Å². The van der Waals surface area contributed by atoms with Crippen LogP contribution in [-0.2, 0) is 9.53 Å². The second-order valence-electron chi connectivity index (χ2n) is 5.54. The molecule has 0 aliphatic heterocycles. The van der Waals surface area contributed by atoms with Gasteiger partial charge in [-0.2, -0.15) is 0 Å². The Kier molecular flexibility index (Phi) is 5.86. The minimum atomic E-state index is -0.978. The van der Waals surface area contributed by atoms with E-state index in [4.69, 9.17) is 27.9 Å². The standard InChI is InChI=1S/C18H17Cl2NO3/c1-10-6-11(2)8-13(7-10)18(23)24-12(3)17(22)21-16-9-14(19)4-5-15(16)20/h4-9,12H,1-3H3,(H,21,22)/t12-/m0/s1. The maximum Gasteiger partial charge on any atom is 0.338 e. The molecule has 1 atom stereocenters. The fraction of sp³-hybridized carbons (Fsp3) is 0.222. The number of nitrogens with one attached hydrogen (secondary N) is 1. The average Bonchev–Trinajstić information content (AvgIpc) is 2.49. The lowest BCUT2D eigenvalue weighted by molar-refractivity contribution is -0.123. The van der Waals surface area contributed by atoms with Crippen molar-refractivity contribution in [1.29, 1.82) is 0 Å². The molecule has 4 nitrogen and oxygen atoms in total. The summed E-state index contributed by atoms with van der Waals surface area (Å²) in [5, 5.41) is 3.39. The highest BCUT2D eigenvalue weighted by Gasteiger charge is 2.20. The molecule has 0 saturated carbocycles. The van der Waals surface area contributed by atoms with Gasteiger partial charge in [0.15, 0.2) is 6.10 Å². The van der Waals surface area contributed by atoms with Crippen LogP contribution in [0.3, 0.4) is 0 Å². The number of amides is 1. The third kappa shape index (κ3) is 4.73. The van der Waals surface area contributed by atoms with E-state index in [1.165, 1.54) is 13.0 Å². The van der Waals surface area contributed by atoms with Gasteiger partial charge in [-0.1, -0.05) is 40.4 Å². The minimum Gasteiger partial charge on any atom is -0.449 e. The van der Waals surface area contributed by atoms with E-state index >= 15 is 0 Å². The molecule has 0 bridgehead atoms. The smallest absolute Gasteiger partial charge is 0.338 e. The number of carbonyl (C=O) groups excluding carboxylic acids is 2. The summed E-state index contributed by atoms with van der Waals surface area (Å²) in [6.45, 7) is 5.27. The van der Waals surface area contributed by atoms with Crippen molar-refractivity contribution < 1.29 is 14.3 Å². The predicted octanol–water partition coefficient (Wildman–Crippen LogP) is 4.79. The van der Waals surface area contributed by atoms with E-state index in [1.54, 1.807) is 24.3 Å². The molecule has 0 saturated heterocycles. The van der Waals surface area contributed by atoms with Gasteiger partial charge in [-0.05, 0) is 51.1 Å². The van der Waals surface area contributed by atoms with E-state index < -0.39 is 18.0 Å². The molecular formula is C18H17Cl2NO3. The Morgan fingerprint density at radius 1 is 1.04 bits per heavy atom. The lowest BCUT2D eigenvalue weighted by Gasteiger charge is -2.15. The number of esters is 1. The third-order valence-corrected chi connectivity index (χ3v) is 3.86. The van der Waals surface area contributed by atoms with Gasteiger partial charge in [0.2, 0.25) is 0 Å². The number of ether oxygens (including phenoxy) is 1. The quantitative estimate of drug-likeness (QED) is 0.792. The van der Waals surface area contributed by atoms with Gasteiger partial charge in [-0.25, -0.2) is 4.79 Å². The normalized spacial score (nSPS) is 11.7. The molecule has 2 aromatic carbocycles. The molecule has 0 aliphatic carbocycles. The Labute approximate surface area is 150 Å². The van der Waals surface area contributed by atoms with Crippen molar-refractivity contribution >= 4 is 40.8 Å². The van der Waals surface area contributed by atoms with E-state index in [-0.39, 0.29) is 0 Å². The number of anilines is 1. The summed E-state index contributed by atoms with van der Waals surface area (Å²) in [5.41, 5.74) is 2.67. The van der Waals surface area contributed by atoms with E-state index in [1.807, 2.05) is 19.9 Å². The number of carbonyl (C=O) groups is 2. The zero-order valence-electron chi connectivity index (χ0n) is 13.5. The molecule has 24 heavy (non-hydrogen) atoms. The first-order chi connectivity index (χ1) is 11.3. The fourth-order valence-corrected chi connectivity index (χ4v) is 2.54. The largest absolute Gasteiger partial charge is 0.449 e. The van der Waals surface area contributed by atoms with Crippen LogP contribution in [0.2, 0.25) is 10.0 Å². The number of hydrogen-bond donors (Lipinski definition) is 1. The van der Waals surface area contributed by atoms with E-state index in [0.29, 0.717) is 21.3 Å². The Balaban J connectivity index is 2.05. The Bertz CT molecular complexity index is 770. The van der Waals surface area contributed by atoms with Crippen molar-refractivity contribution in [3.05, 3.63) is 63.1 Å². The lowest BCUT2D eigenvalue weighted by Crippen LogP contribution is -2.30. The molecule has 0 spiro atoms. The molecule has 0 aliphatic rings. The molecule has 126 valence electrons. The summed E-state index contributed by atoms with van der Waals surface area (Å²) in [4.78, 5) is 24.4. The van der Waals surface area contributed by atoms with Crippen LogP contribution in [0.5, 0.6) is 0 Å². The Morgan fingerprint density at radius 3 is 2.29 bits per heavy atom. The molecule has 1 N–H and O–H groups in total. The first-order valence-electron chi connectivity index (χ1n) is 7.31. The third-order valence-electron chi connectivity index (χ3n) is 3.30. The van der Waals surface area contributed by atoms with Crippen molar-refractivity contribution in [2.45, 2.75) is 26.9 Å². The van der Waals surface area contributed by atoms with Crippen molar-refractivity contribution in [3.63, 3.8) is 0 Å². The molecule has 0 unspecified atom stereocenters. The van der Waals surface area contributed by atoms with Crippen LogP contribution in [-0.4, -0.2) is 18.0 Å². The van der Waals surface area contributed by atoms with Gasteiger partial charge in [0.05, 0.1) is 16.3 Å². The second kappa shape index (κ2) is 7.69. The Hall–Kier alpha value is -2.04. The molecule has 0 heterocycles. The van der Waals surface area contributed by atoms with Crippen molar-refractivity contribution in [2.75, 3.05) is 5.32 Å². The predicted molar refractivity (Wildman–Crippen MR) is 95.9 cm³/mol. The average molecular weight is 366 g/mol. The number of halogens is 2. The summed E-state index contributed by atoms with van der Waals surface area (Å²) >= 11 is 11.9. The zero-order valence-corrected chi connectivity index (χ0v) is 15.0. The van der Waals surface area contributed by atoms with Gasteiger partial charge in [-0.15, -0.1) is 0 Å². The number of aryl methyl sites for hydroxylation is 2. The van der Waals surface area contributed by atoms with Crippen LogP contribution in [0.4, 0.5) is 5.69 Å². The molecule has 0 radical (unpaired) electrons. The van der Waals surface area contributed by atoms with E-state index in [9.17, 15) is 9.59 Å². The molecule has 6 heteroatoms. The SMILES string of the molecule is Cc1cc(C)cc(C(=O)O[C@@H](C)C(=O)Nc2cc(Cl)ccc2Cl)c1. The van der Waals surface area contributed by atoms with Gasteiger partial charge in [-0.3, -0.25) is 4.79 Å². The fourth-order valence-electron chi connectivity index (χ4n) is 2.20. The first kappa shape index (κ1) is 18.3. The summed E-state index contributed by atoms with van der Waals surface area (Å²) in [5.74, 6) is -1.04. The van der Waals surface area contributed by atoms with Gasteiger partial charge >= 0.3 is 5.97 Å². The van der Waals surface area contributed by atoms with Crippen molar-refractivity contribution in [3.8, 4) is 0 Å². The van der Waals surface area contributed by atoms with Crippen LogP contribution >= 0.6 is 23.2 Å². The van der Waals surface area contributed by atoms with Crippen LogP contribution in [0, 0.1) is 13.8 Å². The summed E-state index contributed by atoms with van der Waals surface area (Å²) in [7, 11) is 0. The van der Waals surface area contributed by atoms with Crippen LogP contribution < -0.4 is 5.32 Å². The molecule has 2 aromatic rings. The minimum absolute atomic E-state index is 0.348. The van der Waals surface area contributed by atoms with Gasteiger partial charge in [0, 0.05) is 5.02 Å². The lowest BCUT2D eigenvalue weighted by atomic mass is 10.1. The van der Waals surface area contributed by atoms with Gasteiger partial charge < -0.3 is 10.1 Å². The molecule has 2 rings (SSSR count). The number of benzene rings is 2. The second-order valence-corrected chi connectivity index (χ2v) is 6.38. The zero-order chi connectivity index (χ0) is 17.9. The maximum absolute atomic E-state index is 12.2. The first-order valence-corrected chi connectivity index (χ1v) is 8.07. The van der Waals surface area contributed by atoms with Gasteiger partial charge in [0.1, 0.15) is 0 Å². The van der Waals surface area contributed by atoms with E-state index in [2.05, 4.69) is 5.32 Å². The van der Waals surface area contributed by atoms with E-state index in [0.717, 1.165) is 11.1 Å². The highest BCUT2D eigenvalue weighted by molar-refractivity contribution is 6.35. The van der Waals surface area contributed by atoms with Crippen LogP contribution in [0.25, 0.3) is 0 Å². The topological polar surface area (TPSA) is 55.4 Å². The monoisotopic (exact) mass is 365 g/mol. The number of hydrogen-bond acceptors (Lipinski definition) is 3. The highest BCUT2D eigenvalue weighted by Crippen LogP contribution is 2.25. The molecule has 0 aromatic heterocycles. The van der Waals surface area contributed by atoms with Gasteiger partial charge in [0.25, 0.3) is 5.91 Å². The van der Waals surface area contributed by atoms with Crippen molar-refractivity contribution in [1.82, 2.24) is 0 Å². The number of rotatable bonds is 4. The molecule has 1 amide bonds. The summed E-state index contributed by atoms with van der Waals surface area (Å²) < 4.78 is 5.22. The molecular weight excluding hydrogens is 349 g/mol. The maximum atomic E-state index is 12.2. The van der Waals surface area contributed by atoms with Crippen LogP contribution in [0.15, 0.2) is 36.4 Å². The molecule has 0 fully saturated rings.